The lowest BCUT2D eigenvalue weighted by atomic mass is 10.2. The molecule has 1 aromatic carbocycles. The Morgan fingerprint density at radius 3 is 2.63 bits per heavy atom. The molecule has 8 heteroatoms. The van der Waals surface area contributed by atoms with Gasteiger partial charge in [-0.1, -0.05) is 15.9 Å². The molecular formula is C11H9Br2N3O3. The predicted molar refractivity (Wildman–Crippen MR) is 75.6 cm³/mol. The fourth-order valence-corrected chi connectivity index (χ4v) is 2.73. The van der Waals surface area contributed by atoms with Crippen molar-refractivity contribution in [3.05, 3.63) is 27.1 Å². The number of halogens is 2. The van der Waals surface area contributed by atoms with E-state index in [-0.39, 0.29) is 12.3 Å². The molecule has 1 heterocycles. The van der Waals surface area contributed by atoms with Crippen LogP contribution >= 0.6 is 31.9 Å². The van der Waals surface area contributed by atoms with E-state index in [1.807, 2.05) is 0 Å². The first-order chi connectivity index (χ1) is 8.95. The zero-order valence-electron chi connectivity index (χ0n) is 9.50. The number of amides is 4. The second-order valence-electron chi connectivity index (χ2n) is 3.89. The molecule has 0 aromatic heterocycles. The van der Waals surface area contributed by atoms with Crippen LogP contribution in [-0.2, 0) is 9.59 Å². The summed E-state index contributed by atoms with van der Waals surface area (Å²) in [4.78, 5) is 34.0. The molecule has 1 unspecified atom stereocenters. The highest BCUT2D eigenvalue weighted by Gasteiger charge is 2.31. The van der Waals surface area contributed by atoms with E-state index in [0.29, 0.717) is 5.69 Å². The number of carbonyl (C=O) groups is 3. The van der Waals surface area contributed by atoms with E-state index in [2.05, 4.69) is 47.8 Å². The van der Waals surface area contributed by atoms with Crippen LogP contribution in [0.1, 0.15) is 6.42 Å². The number of hydrogen-bond donors (Lipinski definition) is 3. The summed E-state index contributed by atoms with van der Waals surface area (Å²) in [5, 5.41) is 7.10. The van der Waals surface area contributed by atoms with E-state index in [1.165, 1.54) is 0 Å². The van der Waals surface area contributed by atoms with Gasteiger partial charge in [-0.05, 0) is 34.1 Å². The van der Waals surface area contributed by atoms with Crippen molar-refractivity contribution in [1.29, 1.82) is 0 Å². The molecule has 1 saturated heterocycles. The third-order valence-electron chi connectivity index (χ3n) is 2.45. The fourth-order valence-electron chi connectivity index (χ4n) is 1.58. The second kappa shape index (κ2) is 5.70. The van der Waals surface area contributed by atoms with Crippen LogP contribution in [0, 0.1) is 0 Å². The molecule has 1 aromatic rings. The minimum Gasteiger partial charge on any atom is -0.325 e. The summed E-state index contributed by atoms with van der Waals surface area (Å²) < 4.78 is 1.59. The summed E-state index contributed by atoms with van der Waals surface area (Å²) in [6.45, 7) is 0. The number of imide groups is 1. The summed E-state index contributed by atoms with van der Waals surface area (Å²) in [5.74, 6) is -0.847. The SMILES string of the molecule is O=C(CC1NC(=O)NC1=O)Nc1ccc(Br)cc1Br. The zero-order valence-corrected chi connectivity index (χ0v) is 12.7. The molecule has 1 atom stereocenters. The van der Waals surface area contributed by atoms with E-state index in [9.17, 15) is 14.4 Å². The van der Waals surface area contributed by atoms with Gasteiger partial charge in [-0.2, -0.15) is 0 Å². The summed E-state index contributed by atoms with van der Waals surface area (Å²) in [6.07, 6.45) is -0.111. The molecule has 0 radical (unpaired) electrons. The maximum absolute atomic E-state index is 11.8. The third kappa shape index (κ3) is 3.54. The van der Waals surface area contributed by atoms with Gasteiger partial charge in [0.1, 0.15) is 6.04 Å². The molecule has 0 bridgehead atoms. The van der Waals surface area contributed by atoms with Crippen molar-refractivity contribution in [2.45, 2.75) is 12.5 Å². The minimum atomic E-state index is -0.818. The largest absolute Gasteiger partial charge is 0.325 e. The van der Waals surface area contributed by atoms with Gasteiger partial charge >= 0.3 is 6.03 Å². The lowest BCUT2D eigenvalue weighted by Gasteiger charge is -2.10. The molecule has 6 nitrogen and oxygen atoms in total. The van der Waals surface area contributed by atoms with Crippen molar-refractivity contribution in [2.24, 2.45) is 0 Å². The maximum Gasteiger partial charge on any atom is 0.322 e. The molecule has 0 saturated carbocycles. The Morgan fingerprint density at radius 2 is 2.05 bits per heavy atom. The maximum atomic E-state index is 11.8. The molecule has 1 fully saturated rings. The van der Waals surface area contributed by atoms with Gasteiger partial charge in [0, 0.05) is 8.95 Å². The highest BCUT2D eigenvalue weighted by Crippen LogP contribution is 2.26. The Bertz CT molecular complexity index is 562. The first-order valence-electron chi connectivity index (χ1n) is 5.32. The number of carbonyl (C=O) groups excluding carboxylic acids is 3. The number of urea groups is 1. The average Bonchev–Trinajstić information content (AvgIpc) is 2.61. The molecule has 4 amide bonds. The molecule has 2 rings (SSSR count). The van der Waals surface area contributed by atoms with E-state index in [4.69, 9.17) is 0 Å². The van der Waals surface area contributed by atoms with Gasteiger partial charge in [0.2, 0.25) is 5.91 Å². The van der Waals surface area contributed by atoms with Crippen LogP contribution in [0.15, 0.2) is 27.1 Å². The standard InChI is InChI=1S/C11H9Br2N3O3/c12-5-1-2-7(6(13)3-5)14-9(17)4-8-10(18)16-11(19)15-8/h1-3,8H,4H2,(H,14,17)(H2,15,16,18,19). The summed E-state index contributed by atoms with van der Waals surface area (Å²) in [7, 11) is 0. The van der Waals surface area contributed by atoms with Crippen molar-refractivity contribution in [3.63, 3.8) is 0 Å². The number of rotatable bonds is 3. The van der Waals surface area contributed by atoms with Crippen molar-refractivity contribution in [3.8, 4) is 0 Å². The van der Waals surface area contributed by atoms with Crippen molar-refractivity contribution >= 4 is 55.4 Å². The zero-order chi connectivity index (χ0) is 14.0. The van der Waals surface area contributed by atoms with E-state index in [1.54, 1.807) is 18.2 Å². The lowest BCUT2D eigenvalue weighted by Crippen LogP contribution is -2.33. The average molecular weight is 391 g/mol. The predicted octanol–water partition coefficient (Wildman–Crippen LogP) is 1.75. The van der Waals surface area contributed by atoms with Gasteiger partial charge in [0.05, 0.1) is 12.1 Å². The second-order valence-corrected chi connectivity index (χ2v) is 5.66. The van der Waals surface area contributed by atoms with E-state index in [0.717, 1.165) is 8.95 Å². The molecule has 3 N–H and O–H groups in total. The normalized spacial score (nSPS) is 17.9. The van der Waals surface area contributed by atoms with Gasteiger partial charge < -0.3 is 10.6 Å². The molecule has 1 aliphatic heterocycles. The Hall–Kier alpha value is -1.41. The van der Waals surface area contributed by atoms with Crippen LogP contribution in [0.5, 0.6) is 0 Å². The molecular weight excluding hydrogens is 382 g/mol. The van der Waals surface area contributed by atoms with Crippen molar-refractivity contribution in [2.75, 3.05) is 5.32 Å². The van der Waals surface area contributed by atoms with E-state index >= 15 is 0 Å². The Labute approximate surface area is 125 Å². The van der Waals surface area contributed by atoms with Crippen molar-refractivity contribution in [1.82, 2.24) is 10.6 Å². The molecule has 0 aliphatic carbocycles. The monoisotopic (exact) mass is 389 g/mol. The Kier molecular flexibility index (Phi) is 4.20. The highest BCUT2D eigenvalue weighted by molar-refractivity contribution is 9.11. The van der Waals surface area contributed by atoms with Gasteiger partial charge in [-0.3, -0.25) is 14.9 Å². The molecule has 0 spiro atoms. The fraction of sp³-hybridized carbons (Fsp3) is 0.182. The number of anilines is 1. The highest BCUT2D eigenvalue weighted by atomic mass is 79.9. The summed E-state index contributed by atoms with van der Waals surface area (Å²) >= 11 is 6.62. The Morgan fingerprint density at radius 1 is 1.32 bits per heavy atom. The minimum absolute atomic E-state index is 0.111. The van der Waals surface area contributed by atoms with Crippen LogP contribution in [-0.4, -0.2) is 23.9 Å². The first-order valence-corrected chi connectivity index (χ1v) is 6.90. The molecule has 19 heavy (non-hydrogen) atoms. The van der Waals surface area contributed by atoms with Crippen LogP contribution in [0.3, 0.4) is 0 Å². The number of hydrogen-bond acceptors (Lipinski definition) is 3. The quantitative estimate of drug-likeness (QED) is 0.687. The smallest absolute Gasteiger partial charge is 0.322 e. The summed E-state index contributed by atoms with van der Waals surface area (Å²) in [6, 6.07) is 3.90. The van der Waals surface area contributed by atoms with Crippen LogP contribution in [0.4, 0.5) is 10.5 Å². The van der Waals surface area contributed by atoms with Gasteiger partial charge in [-0.15, -0.1) is 0 Å². The summed E-state index contributed by atoms with van der Waals surface area (Å²) in [5.41, 5.74) is 0.595. The van der Waals surface area contributed by atoms with E-state index < -0.39 is 18.0 Å². The molecule has 100 valence electrons. The number of benzene rings is 1. The Balaban J connectivity index is 1.98. The van der Waals surface area contributed by atoms with Gasteiger partial charge in [0.25, 0.3) is 5.91 Å². The van der Waals surface area contributed by atoms with Gasteiger partial charge in [-0.25, -0.2) is 4.79 Å². The molecule has 1 aliphatic rings. The topological polar surface area (TPSA) is 87.3 Å². The number of nitrogens with one attached hydrogen (secondary N) is 3. The van der Waals surface area contributed by atoms with Crippen LogP contribution < -0.4 is 16.0 Å². The third-order valence-corrected chi connectivity index (χ3v) is 3.60. The van der Waals surface area contributed by atoms with Crippen LogP contribution in [0.2, 0.25) is 0 Å². The lowest BCUT2D eigenvalue weighted by molar-refractivity contribution is -0.124. The van der Waals surface area contributed by atoms with Crippen molar-refractivity contribution < 1.29 is 14.4 Å². The van der Waals surface area contributed by atoms with Crippen LogP contribution in [0.25, 0.3) is 0 Å². The van der Waals surface area contributed by atoms with Gasteiger partial charge in [0.15, 0.2) is 0 Å². The first kappa shape index (κ1) is 14.0.